The van der Waals surface area contributed by atoms with Crippen LogP contribution in [0.15, 0.2) is 72.8 Å². The van der Waals surface area contributed by atoms with Gasteiger partial charge in [-0.25, -0.2) is 5.06 Å². The van der Waals surface area contributed by atoms with E-state index in [1.807, 2.05) is 0 Å². The predicted octanol–water partition coefficient (Wildman–Crippen LogP) is 6.20. The molecule has 0 unspecified atom stereocenters. The maximum atomic E-state index is 14.0. The van der Waals surface area contributed by atoms with Gasteiger partial charge in [0.15, 0.2) is 0 Å². The minimum atomic E-state index is -1.31. The lowest BCUT2D eigenvalue weighted by Crippen LogP contribution is -2.47. The number of nitro groups is 1. The number of hydrogen-bond donors (Lipinski definition) is 2. The molecule has 0 aromatic heterocycles. The molecule has 4 rings (SSSR count). The molecule has 10 heteroatoms. The number of aliphatic hydroxyl groups is 1. The Hall–Kier alpha value is -3.17. The van der Waals surface area contributed by atoms with Gasteiger partial charge in [0.25, 0.3) is 5.69 Å². The van der Waals surface area contributed by atoms with E-state index in [1.54, 1.807) is 53.4 Å². The number of carbonyl (C=O) groups excluding carboxylic acids is 1. The number of benzene rings is 3. The van der Waals surface area contributed by atoms with Crippen LogP contribution in [0.25, 0.3) is 0 Å². The fourth-order valence-electron chi connectivity index (χ4n) is 4.68. The minimum absolute atomic E-state index is 0.129. The van der Waals surface area contributed by atoms with E-state index in [4.69, 9.17) is 23.2 Å². The number of anilines is 1. The first kappa shape index (κ1) is 26.9. The van der Waals surface area contributed by atoms with Crippen molar-refractivity contribution in [3.8, 4) is 0 Å². The molecule has 2 N–H and O–H groups in total. The second kappa shape index (κ2) is 11.9. The van der Waals surface area contributed by atoms with Crippen molar-refractivity contribution >= 4 is 40.5 Å². The molecule has 8 nitrogen and oxygen atoms in total. The summed E-state index contributed by atoms with van der Waals surface area (Å²) in [5, 5.41) is 36.3. The second-order valence-electron chi connectivity index (χ2n) is 9.02. The van der Waals surface area contributed by atoms with E-state index in [2.05, 4.69) is 0 Å². The van der Waals surface area contributed by atoms with Crippen LogP contribution in [0.2, 0.25) is 10.0 Å². The number of rotatable bonds is 8. The van der Waals surface area contributed by atoms with Crippen LogP contribution in [0.1, 0.15) is 42.5 Å². The Kier molecular flexibility index (Phi) is 8.66. The second-order valence-corrected chi connectivity index (χ2v) is 9.90. The monoisotopic (exact) mass is 543 g/mol. The first-order chi connectivity index (χ1) is 17.8. The topological polar surface area (TPSA) is 107 Å². The van der Waals surface area contributed by atoms with E-state index in [0.29, 0.717) is 39.9 Å². The summed E-state index contributed by atoms with van der Waals surface area (Å²) in [5.74, 6) is -1.47. The fourth-order valence-corrected chi connectivity index (χ4v) is 4.94. The van der Waals surface area contributed by atoms with Crippen LogP contribution < -0.4 is 5.06 Å². The Labute approximate surface area is 224 Å². The molecule has 37 heavy (non-hydrogen) atoms. The molecule has 0 saturated carbocycles. The molecule has 0 spiro atoms. The van der Waals surface area contributed by atoms with Crippen LogP contribution in [-0.4, -0.2) is 39.1 Å². The highest BCUT2D eigenvalue weighted by atomic mass is 35.5. The van der Waals surface area contributed by atoms with Crippen molar-refractivity contribution in [2.45, 2.75) is 31.4 Å². The van der Waals surface area contributed by atoms with E-state index in [0.717, 1.165) is 24.3 Å². The van der Waals surface area contributed by atoms with Gasteiger partial charge in [-0.2, -0.15) is 0 Å². The maximum Gasteiger partial charge on any atom is 0.269 e. The summed E-state index contributed by atoms with van der Waals surface area (Å²) in [4.78, 5) is 26.5. The number of aliphatic hydroxyl groups excluding tert-OH is 1. The molecule has 1 heterocycles. The van der Waals surface area contributed by atoms with Crippen LogP contribution in [0.4, 0.5) is 11.4 Å². The summed E-state index contributed by atoms with van der Waals surface area (Å²) in [6.45, 7) is 1.09. The number of hydrogen-bond acceptors (Lipinski definition) is 6. The SMILES string of the molecule is O=C([C@H]([C@H](O)c1ccc(Cl)cc1)[C@H](c1ccc([N+](=O)[O-])cc1)N(O)c1ccc(Cl)cc1)N1CCCCC1. The Balaban J connectivity index is 1.84. The summed E-state index contributed by atoms with van der Waals surface area (Å²) in [6.07, 6.45) is 1.39. The van der Waals surface area contributed by atoms with Gasteiger partial charge in [0.05, 0.1) is 28.7 Å². The van der Waals surface area contributed by atoms with Gasteiger partial charge in [-0.1, -0.05) is 47.5 Å². The highest BCUT2D eigenvalue weighted by Gasteiger charge is 2.42. The Morgan fingerprint density at radius 3 is 1.92 bits per heavy atom. The van der Waals surface area contributed by atoms with Crippen molar-refractivity contribution < 1.29 is 20.0 Å². The smallest absolute Gasteiger partial charge is 0.269 e. The van der Waals surface area contributed by atoms with Gasteiger partial charge in [-0.05, 0) is 66.8 Å². The first-order valence-corrected chi connectivity index (χ1v) is 12.7. The first-order valence-electron chi connectivity index (χ1n) is 12.0. The quantitative estimate of drug-likeness (QED) is 0.258. The van der Waals surface area contributed by atoms with Crippen molar-refractivity contribution in [2.75, 3.05) is 18.2 Å². The molecule has 1 saturated heterocycles. The van der Waals surface area contributed by atoms with E-state index in [1.165, 1.54) is 24.3 Å². The third-order valence-electron chi connectivity index (χ3n) is 6.64. The molecular weight excluding hydrogens is 517 g/mol. The maximum absolute atomic E-state index is 14.0. The van der Waals surface area contributed by atoms with E-state index in [9.17, 15) is 25.2 Å². The number of hydroxylamine groups is 1. The van der Waals surface area contributed by atoms with Gasteiger partial charge in [-0.3, -0.25) is 20.1 Å². The molecule has 1 fully saturated rings. The number of non-ortho nitro benzene ring substituents is 1. The summed E-state index contributed by atoms with van der Waals surface area (Å²) in [7, 11) is 0. The van der Waals surface area contributed by atoms with Crippen LogP contribution in [-0.2, 0) is 4.79 Å². The molecule has 3 aromatic rings. The van der Waals surface area contributed by atoms with Crippen molar-refractivity contribution in [3.63, 3.8) is 0 Å². The lowest BCUT2D eigenvalue weighted by molar-refractivity contribution is -0.384. The van der Waals surface area contributed by atoms with Crippen LogP contribution in [0.3, 0.4) is 0 Å². The van der Waals surface area contributed by atoms with Gasteiger partial charge >= 0.3 is 0 Å². The molecule has 1 amide bonds. The number of likely N-dealkylation sites (tertiary alicyclic amines) is 1. The Bertz CT molecular complexity index is 1220. The average molecular weight is 544 g/mol. The van der Waals surface area contributed by atoms with Crippen LogP contribution >= 0.6 is 23.2 Å². The summed E-state index contributed by atoms with van der Waals surface area (Å²) >= 11 is 12.1. The van der Waals surface area contributed by atoms with Gasteiger partial charge < -0.3 is 10.0 Å². The summed E-state index contributed by atoms with van der Waals surface area (Å²) < 4.78 is 0. The number of nitrogens with zero attached hydrogens (tertiary/aromatic N) is 3. The van der Waals surface area contributed by atoms with Gasteiger partial charge in [-0.15, -0.1) is 0 Å². The molecule has 0 aliphatic carbocycles. The van der Waals surface area contributed by atoms with E-state index >= 15 is 0 Å². The Morgan fingerprint density at radius 2 is 1.38 bits per heavy atom. The van der Waals surface area contributed by atoms with Crippen molar-refractivity contribution in [3.05, 3.63) is 104 Å². The summed E-state index contributed by atoms with van der Waals surface area (Å²) in [6, 6.07) is 17.5. The fraction of sp³-hybridized carbons (Fsp3) is 0.296. The highest BCUT2D eigenvalue weighted by molar-refractivity contribution is 6.30. The summed E-state index contributed by atoms with van der Waals surface area (Å²) in [5.41, 5.74) is 1.09. The third kappa shape index (κ3) is 6.22. The van der Waals surface area contributed by atoms with Crippen molar-refractivity contribution in [1.29, 1.82) is 0 Å². The molecule has 3 aromatic carbocycles. The lowest BCUT2D eigenvalue weighted by atomic mass is 9.83. The van der Waals surface area contributed by atoms with Crippen LogP contribution in [0, 0.1) is 16.0 Å². The van der Waals surface area contributed by atoms with Gasteiger partial charge in [0, 0.05) is 35.3 Å². The standard InChI is InChI=1S/C27H27Cl2N3O5/c28-20-8-4-19(5-9-20)26(33)24(27(34)30-16-2-1-3-17-30)25(18-6-12-23(13-7-18)32(36)37)31(35)22-14-10-21(29)11-15-22/h4-15,24-26,33,35H,1-3,16-17H2/t24-,25-,26+/m0/s1. The number of carbonyl (C=O) groups is 1. The number of piperidine rings is 1. The zero-order valence-electron chi connectivity index (χ0n) is 19.9. The number of nitro benzene ring substituents is 1. The molecule has 0 bridgehead atoms. The molecule has 1 aliphatic rings. The third-order valence-corrected chi connectivity index (χ3v) is 7.15. The molecule has 3 atom stereocenters. The number of halogens is 2. The van der Waals surface area contributed by atoms with Gasteiger partial charge in [0.2, 0.25) is 5.91 Å². The van der Waals surface area contributed by atoms with Crippen molar-refractivity contribution in [2.24, 2.45) is 5.92 Å². The lowest BCUT2D eigenvalue weighted by Gasteiger charge is -2.39. The van der Waals surface area contributed by atoms with E-state index in [-0.39, 0.29) is 11.6 Å². The zero-order valence-corrected chi connectivity index (χ0v) is 21.4. The zero-order chi connectivity index (χ0) is 26.5. The Morgan fingerprint density at radius 1 is 0.865 bits per heavy atom. The largest absolute Gasteiger partial charge is 0.387 e. The van der Waals surface area contributed by atoms with E-state index < -0.39 is 23.0 Å². The minimum Gasteiger partial charge on any atom is -0.387 e. The number of amides is 1. The highest BCUT2D eigenvalue weighted by Crippen LogP contribution is 2.41. The van der Waals surface area contributed by atoms with Gasteiger partial charge in [0.1, 0.15) is 0 Å². The molecular formula is C27H27Cl2N3O5. The van der Waals surface area contributed by atoms with Crippen LogP contribution in [0.5, 0.6) is 0 Å². The molecule has 194 valence electrons. The predicted molar refractivity (Wildman–Crippen MR) is 142 cm³/mol. The molecule has 1 aliphatic heterocycles. The van der Waals surface area contributed by atoms with Crippen molar-refractivity contribution in [1.82, 2.24) is 4.90 Å². The molecule has 0 radical (unpaired) electrons. The average Bonchev–Trinajstić information content (AvgIpc) is 2.92. The normalized spacial score (nSPS) is 16.1.